The van der Waals surface area contributed by atoms with Crippen LogP contribution in [0.25, 0.3) is 0 Å². The van der Waals surface area contributed by atoms with Crippen LogP contribution in [0.2, 0.25) is 0 Å². The molecule has 0 aliphatic rings. The van der Waals surface area contributed by atoms with Crippen LogP contribution in [0.5, 0.6) is 0 Å². The summed E-state index contributed by atoms with van der Waals surface area (Å²) in [6.07, 6.45) is 0. The summed E-state index contributed by atoms with van der Waals surface area (Å²) in [6.45, 7) is -0.505. The molecule has 0 aromatic rings. The van der Waals surface area contributed by atoms with Gasteiger partial charge in [0, 0.05) is 26.2 Å². The minimum atomic E-state index is -1.18. The molecule has 0 aliphatic carbocycles. The maximum absolute atomic E-state index is 9.65. The second-order valence-corrected chi connectivity index (χ2v) is 1.13. The van der Waals surface area contributed by atoms with Crippen LogP contribution in [-0.4, -0.2) is 56.3 Å². The topological polar surface area (TPSA) is 83.5 Å². The number of nitrogens with two attached hydrogens (primary N) is 1. The van der Waals surface area contributed by atoms with Gasteiger partial charge in [0.25, 0.3) is 0 Å². The second kappa shape index (κ2) is 12.6. The average molecular weight is 237 g/mol. The van der Waals surface area contributed by atoms with Crippen molar-refractivity contribution in [2.45, 2.75) is 6.04 Å². The minimum absolute atomic E-state index is 0. The van der Waals surface area contributed by atoms with Crippen LogP contribution < -0.4 is 5.73 Å². The van der Waals surface area contributed by atoms with Crippen LogP contribution in [0.15, 0.2) is 0 Å². The molecule has 0 saturated carbocycles. The molecule has 4 N–H and O–H groups in total. The van der Waals surface area contributed by atoms with Gasteiger partial charge in [-0.1, -0.05) is 0 Å². The number of carboxylic acid groups (broad SMARTS) is 1. The monoisotopic (exact) mass is 236 g/mol. The summed E-state index contributed by atoms with van der Waals surface area (Å²) in [5, 5.41) is 15.9. The summed E-state index contributed by atoms with van der Waals surface area (Å²) >= 11 is 0. The molecule has 0 spiro atoms. The molecule has 0 radical (unpaired) electrons. The Morgan fingerprint density at radius 3 is 2.00 bits per heavy atom. The van der Waals surface area contributed by atoms with Gasteiger partial charge in [-0.2, -0.15) is 0 Å². The van der Waals surface area contributed by atoms with Crippen molar-refractivity contribution in [2.24, 2.45) is 5.73 Å². The third-order valence-electron chi connectivity index (χ3n) is 0.514. The Bertz CT molecular complexity index is 93.9. The van der Waals surface area contributed by atoms with E-state index >= 15 is 0 Å². The molecule has 1 atom stereocenters. The first-order valence-electron chi connectivity index (χ1n) is 1.77. The predicted molar refractivity (Wildman–Crippen MR) is 40.6 cm³/mol. The van der Waals surface area contributed by atoms with Crippen molar-refractivity contribution in [2.75, 3.05) is 6.61 Å². The van der Waals surface area contributed by atoms with E-state index in [4.69, 9.17) is 15.9 Å². The largest absolute Gasteiger partial charge is 2.00 e. The van der Waals surface area contributed by atoms with E-state index in [2.05, 4.69) is 0 Å². The zero-order valence-electron chi connectivity index (χ0n) is 6.87. The fourth-order valence-electron chi connectivity index (χ4n) is 0.0781. The van der Waals surface area contributed by atoms with Crippen LogP contribution in [-0.2, 0) is 31.0 Å². The smallest absolute Gasteiger partial charge is 1.00 e. The molecule has 0 bridgehead atoms. The molecule has 4 nitrogen and oxygen atoms in total. The van der Waals surface area contributed by atoms with Crippen molar-refractivity contribution in [3.05, 3.63) is 0 Å². The third-order valence-corrected chi connectivity index (χ3v) is 0.514. The molecule has 0 rings (SSSR count). The summed E-state index contributed by atoms with van der Waals surface area (Å²) in [6, 6.07) is -1.13. The fourth-order valence-corrected chi connectivity index (χ4v) is 0.0781. The summed E-state index contributed by atoms with van der Waals surface area (Å²) in [5.74, 6) is -1.18. The van der Waals surface area contributed by atoms with Gasteiger partial charge in [-0.3, -0.25) is 4.79 Å². The van der Waals surface area contributed by atoms with Crippen molar-refractivity contribution in [3.8, 4) is 0 Å². The maximum atomic E-state index is 9.65. The van der Waals surface area contributed by atoms with Gasteiger partial charge in [-0.15, -0.1) is 0 Å². The van der Waals surface area contributed by atoms with Gasteiger partial charge in [0.2, 0.25) is 0 Å². The summed E-state index contributed by atoms with van der Waals surface area (Å²) in [7, 11) is 0. The SMILES string of the molecule is NC(CO)C(=O)O.[AlH3].[Be+2].[H-].[H-].[Zr]. The van der Waals surface area contributed by atoms with Crippen LogP contribution in [0.4, 0.5) is 0 Å². The van der Waals surface area contributed by atoms with E-state index in [0.717, 1.165) is 0 Å². The summed E-state index contributed by atoms with van der Waals surface area (Å²) in [4.78, 5) is 9.65. The van der Waals surface area contributed by atoms with Crippen LogP contribution in [0.3, 0.4) is 0 Å². The van der Waals surface area contributed by atoms with E-state index in [1.54, 1.807) is 0 Å². The molecule has 0 saturated heterocycles. The molecule has 0 aliphatic heterocycles. The van der Waals surface area contributed by atoms with Crippen molar-refractivity contribution < 1.29 is 44.1 Å². The number of aliphatic hydroxyl groups is 1. The Labute approximate surface area is 95.6 Å². The third kappa shape index (κ3) is 11.7. The molecule has 1 unspecified atom stereocenters. The number of hydrogen-bond acceptors (Lipinski definition) is 3. The molecule has 0 heterocycles. The quantitative estimate of drug-likeness (QED) is 0.448. The Hall–Kier alpha value is 0.974. The first kappa shape index (κ1) is 22.4. The molecule has 10 heavy (non-hydrogen) atoms. The van der Waals surface area contributed by atoms with Gasteiger partial charge in [0.1, 0.15) is 6.04 Å². The summed E-state index contributed by atoms with van der Waals surface area (Å²) < 4.78 is 0. The number of aliphatic carboxylic acids is 1. The Morgan fingerprint density at radius 2 is 2.00 bits per heavy atom. The number of hydrogen-bond donors (Lipinski definition) is 3. The Balaban J connectivity index is -0.0000000180. The van der Waals surface area contributed by atoms with E-state index in [1.165, 1.54) is 0 Å². The summed E-state index contributed by atoms with van der Waals surface area (Å²) in [5.41, 5.74) is 4.77. The average Bonchev–Trinajstić information content (AvgIpc) is 1.65. The van der Waals surface area contributed by atoms with Crippen molar-refractivity contribution >= 4 is 33.5 Å². The van der Waals surface area contributed by atoms with E-state index < -0.39 is 18.6 Å². The molecule has 0 amide bonds. The van der Waals surface area contributed by atoms with Crippen LogP contribution >= 0.6 is 0 Å². The van der Waals surface area contributed by atoms with Crippen molar-refractivity contribution in [3.63, 3.8) is 0 Å². The Kier molecular flexibility index (Phi) is 28.4. The molecule has 0 aromatic heterocycles. The van der Waals surface area contributed by atoms with Crippen molar-refractivity contribution in [1.82, 2.24) is 0 Å². The van der Waals surface area contributed by atoms with Crippen molar-refractivity contribution in [1.29, 1.82) is 0 Å². The number of carboxylic acids is 1. The standard InChI is InChI=1S/C3H7NO3.Al.Be.Zr.5H/c4-2(1-5)3(6)7;;;;;;;;/h2,5H,1,4H2,(H,6,7);;;;;;;;/q;;+2;;;;;2*-1. The van der Waals surface area contributed by atoms with Gasteiger partial charge in [0.15, 0.2) is 17.4 Å². The molecular weight excluding hydrogens is 225 g/mol. The molecule has 56 valence electrons. The fraction of sp³-hybridized carbons (Fsp3) is 0.667. The second-order valence-electron chi connectivity index (χ2n) is 1.13. The molecule has 7 heteroatoms. The van der Waals surface area contributed by atoms with E-state index in [0.29, 0.717) is 0 Å². The molecule has 0 fully saturated rings. The first-order valence-corrected chi connectivity index (χ1v) is 1.77. The van der Waals surface area contributed by atoms with Crippen LogP contribution in [0.1, 0.15) is 2.85 Å². The number of aliphatic hydroxyl groups excluding tert-OH is 1. The number of rotatable bonds is 2. The van der Waals surface area contributed by atoms with E-state index in [9.17, 15) is 4.79 Å². The molecular formula is C3H12AlBeNO3Zr. The van der Waals surface area contributed by atoms with Gasteiger partial charge in [-0.25, -0.2) is 0 Å². The number of carbonyl (C=O) groups is 1. The zero-order chi connectivity index (χ0) is 5.86. The molecule has 0 aromatic carbocycles. The van der Waals surface area contributed by atoms with E-state index in [1.807, 2.05) is 0 Å². The predicted octanol–water partition coefficient (Wildman–Crippen LogP) is -2.95. The first-order chi connectivity index (χ1) is 3.18. The maximum Gasteiger partial charge on any atom is 2.00 e. The van der Waals surface area contributed by atoms with Gasteiger partial charge < -0.3 is 18.8 Å². The Morgan fingerprint density at radius 1 is 1.70 bits per heavy atom. The van der Waals surface area contributed by atoms with Crippen LogP contribution in [0, 0.1) is 0 Å². The van der Waals surface area contributed by atoms with Gasteiger partial charge in [-0.05, 0) is 0 Å². The van der Waals surface area contributed by atoms with E-state index in [-0.39, 0.29) is 56.5 Å². The normalized spacial score (nSPS) is 9.40. The minimum Gasteiger partial charge on any atom is -1.00 e. The van der Waals surface area contributed by atoms with Gasteiger partial charge in [0.05, 0.1) is 6.61 Å². The zero-order valence-corrected chi connectivity index (χ0v) is 7.33. The van der Waals surface area contributed by atoms with Gasteiger partial charge >= 0.3 is 16.1 Å².